The van der Waals surface area contributed by atoms with Crippen LogP contribution in [0.2, 0.25) is 0 Å². The molecule has 0 fully saturated rings. The van der Waals surface area contributed by atoms with Crippen LogP contribution in [0.15, 0.2) is 71.9 Å². The molecule has 0 amide bonds. The highest BCUT2D eigenvalue weighted by Crippen LogP contribution is 2.50. The molecule has 2 heterocycles. The summed E-state index contributed by atoms with van der Waals surface area (Å²) >= 11 is 0. The molecule has 0 spiro atoms. The van der Waals surface area contributed by atoms with Gasteiger partial charge in [-0.15, -0.1) is 0 Å². The number of nitrogens with one attached hydrogen (secondary N) is 1. The van der Waals surface area contributed by atoms with Crippen LogP contribution in [0.25, 0.3) is 11.1 Å². The van der Waals surface area contributed by atoms with Crippen molar-refractivity contribution in [2.24, 2.45) is 0 Å². The maximum absolute atomic E-state index is 14.9. The Morgan fingerprint density at radius 3 is 2.68 bits per heavy atom. The second-order valence-corrected chi connectivity index (χ2v) is 7.44. The van der Waals surface area contributed by atoms with Gasteiger partial charge in [-0.3, -0.25) is 0 Å². The molecule has 0 aromatic heterocycles. The van der Waals surface area contributed by atoms with Gasteiger partial charge in [0.1, 0.15) is 18.1 Å². The van der Waals surface area contributed by atoms with Gasteiger partial charge in [-0.2, -0.15) is 0 Å². The van der Waals surface area contributed by atoms with Crippen LogP contribution in [0.3, 0.4) is 0 Å². The Morgan fingerprint density at radius 2 is 1.79 bits per heavy atom. The lowest BCUT2D eigenvalue weighted by Gasteiger charge is -2.30. The number of hydrogen-bond donors (Lipinski definition) is 1. The normalized spacial score (nSPS) is 18.8. The highest BCUT2D eigenvalue weighted by Gasteiger charge is 2.40. The summed E-state index contributed by atoms with van der Waals surface area (Å²) in [6, 6.07) is 19.3. The van der Waals surface area contributed by atoms with Crippen LogP contribution in [-0.4, -0.2) is 12.6 Å². The summed E-state index contributed by atoms with van der Waals surface area (Å²) in [6.07, 6.45) is 0.804. The summed E-state index contributed by atoms with van der Waals surface area (Å²) in [6.45, 7) is 0.191. The van der Waals surface area contributed by atoms with Gasteiger partial charge in [-0.25, -0.2) is 9.18 Å². The van der Waals surface area contributed by atoms with Crippen molar-refractivity contribution in [2.45, 2.75) is 12.3 Å². The Morgan fingerprint density at radius 1 is 0.964 bits per heavy atom. The molecule has 28 heavy (non-hydrogen) atoms. The van der Waals surface area contributed by atoms with Gasteiger partial charge in [0, 0.05) is 17.2 Å². The zero-order chi connectivity index (χ0) is 18.8. The largest absolute Gasteiger partial charge is 0.456 e. The average molecular weight is 369 g/mol. The molecule has 3 aromatic carbocycles. The lowest BCUT2D eigenvalue weighted by molar-refractivity contribution is -0.135. The first-order valence-electron chi connectivity index (χ1n) is 9.38. The van der Waals surface area contributed by atoms with Crippen molar-refractivity contribution in [2.75, 3.05) is 11.9 Å². The number of esters is 1. The molecule has 0 radical (unpaired) electrons. The summed E-state index contributed by atoms with van der Waals surface area (Å²) < 4.78 is 20.2. The van der Waals surface area contributed by atoms with E-state index in [9.17, 15) is 9.18 Å². The van der Waals surface area contributed by atoms with Gasteiger partial charge in [0.05, 0.1) is 0 Å². The molecular formula is C24H16FNO2. The van der Waals surface area contributed by atoms with Crippen molar-refractivity contribution in [1.29, 1.82) is 0 Å². The van der Waals surface area contributed by atoms with Gasteiger partial charge in [0.15, 0.2) is 0 Å². The fraction of sp³-hybridized carbons (Fsp3) is 0.125. The standard InChI is InChI=1S/C24H16FNO2/c25-19-8-4-3-7-16(19)21-18-12-28-24(27)23(18)26-20-10-9-15-14-6-2-1-5-13(14)11-17(15)22(20)21/h1-10,21,26H,11-12H2. The lowest BCUT2D eigenvalue weighted by atomic mass is 9.78. The van der Waals surface area contributed by atoms with Crippen LogP contribution in [0.1, 0.15) is 28.2 Å². The number of rotatable bonds is 1. The van der Waals surface area contributed by atoms with Gasteiger partial charge >= 0.3 is 5.97 Å². The van der Waals surface area contributed by atoms with E-state index >= 15 is 0 Å². The molecule has 3 nitrogen and oxygen atoms in total. The van der Waals surface area contributed by atoms with Crippen LogP contribution >= 0.6 is 0 Å². The van der Waals surface area contributed by atoms with Crippen LogP contribution in [0.5, 0.6) is 0 Å². The second-order valence-electron chi connectivity index (χ2n) is 7.44. The first kappa shape index (κ1) is 15.6. The molecule has 3 aromatic rings. The van der Waals surface area contributed by atoms with E-state index < -0.39 is 0 Å². The maximum Gasteiger partial charge on any atom is 0.355 e. The van der Waals surface area contributed by atoms with Crippen molar-refractivity contribution in [3.8, 4) is 11.1 Å². The number of carbonyl (C=O) groups is 1. The van der Waals surface area contributed by atoms with E-state index in [1.54, 1.807) is 6.07 Å². The molecule has 0 bridgehead atoms. The first-order valence-corrected chi connectivity index (χ1v) is 9.38. The number of anilines is 1. The number of fused-ring (bicyclic) bond motifs is 5. The smallest absolute Gasteiger partial charge is 0.355 e. The fourth-order valence-corrected chi connectivity index (χ4v) is 4.81. The first-order chi connectivity index (χ1) is 13.7. The van der Waals surface area contributed by atoms with E-state index in [2.05, 4.69) is 23.5 Å². The van der Waals surface area contributed by atoms with Crippen molar-refractivity contribution in [3.05, 3.63) is 100 Å². The zero-order valence-electron chi connectivity index (χ0n) is 15.0. The Kier molecular flexibility index (Phi) is 3.10. The minimum absolute atomic E-state index is 0.191. The predicted molar refractivity (Wildman–Crippen MR) is 105 cm³/mol. The molecule has 1 unspecified atom stereocenters. The maximum atomic E-state index is 14.9. The Balaban J connectivity index is 1.64. The van der Waals surface area contributed by atoms with Crippen molar-refractivity contribution >= 4 is 11.7 Å². The van der Waals surface area contributed by atoms with Crippen LogP contribution in [-0.2, 0) is 16.0 Å². The van der Waals surface area contributed by atoms with E-state index in [0.717, 1.165) is 23.2 Å². The van der Waals surface area contributed by atoms with E-state index in [4.69, 9.17) is 4.74 Å². The van der Waals surface area contributed by atoms with Gasteiger partial charge in [-0.1, -0.05) is 48.5 Å². The number of halogens is 1. The molecule has 4 heteroatoms. The Labute approximate surface area is 161 Å². The molecular weight excluding hydrogens is 353 g/mol. The Bertz CT molecular complexity index is 1210. The summed E-state index contributed by atoms with van der Waals surface area (Å²) in [5.74, 6) is -0.964. The molecule has 2 aliphatic heterocycles. The Hall–Kier alpha value is -3.40. The average Bonchev–Trinajstić information content (AvgIpc) is 3.27. The zero-order valence-corrected chi connectivity index (χ0v) is 15.0. The SMILES string of the molecule is O=C1OCC2=C1Nc1ccc3c(c1C2c1ccccc1F)Cc1ccccc1-3. The molecule has 3 aliphatic rings. The van der Waals surface area contributed by atoms with Crippen LogP contribution in [0, 0.1) is 5.82 Å². The monoisotopic (exact) mass is 369 g/mol. The molecule has 1 atom stereocenters. The van der Waals surface area contributed by atoms with E-state index in [1.165, 1.54) is 28.3 Å². The molecule has 1 aliphatic carbocycles. The third-order valence-electron chi connectivity index (χ3n) is 6.03. The lowest BCUT2D eigenvalue weighted by Crippen LogP contribution is -2.21. The van der Waals surface area contributed by atoms with Crippen molar-refractivity contribution < 1.29 is 13.9 Å². The van der Waals surface area contributed by atoms with Gasteiger partial charge in [-0.05, 0) is 51.9 Å². The van der Waals surface area contributed by atoms with E-state index in [1.807, 2.05) is 30.3 Å². The quantitative estimate of drug-likeness (QED) is 0.492. The third-order valence-corrected chi connectivity index (χ3v) is 6.03. The van der Waals surface area contributed by atoms with Gasteiger partial charge in [0.25, 0.3) is 0 Å². The van der Waals surface area contributed by atoms with Crippen molar-refractivity contribution in [3.63, 3.8) is 0 Å². The fourth-order valence-electron chi connectivity index (χ4n) is 4.81. The highest BCUT2D eigenvalue weighted by molar-refractivity contribution is 5.98. The topological polar surface area (TPSA) is 38.3 Å². The minimum atomic E-state index is -0.370. The number of benzene rings is 3. The third kappa shape index (κ3) is 2.00. The number of hydrogen-bond acceptors (Lipinski definition) is 3. The summed E-state index contributed by atoms with van der Waals surface area (Å²) in [7, 11) is 0. The molecule has 0 saturated heterocycles. The minimum Gasteiger partial charge on any atom is -0.456 e. The van der Waals surface area contributed by atoms with E-state index in [-0.39, 0.29) is 24.3 Å². The molecule has 136 valence electrons. The van der Waals surface area contributed by atoms with E-state index in [0.29, 0.717) is 11.3 Å². The molecule has 0 saturated carbocycles. The van der Waals surface area contributed by atoms with Crippen LogP contribution in [0.4, 0.5) is 10.1 Å². The number of carbonyl (C=O) groups excluding carboxylic acids is 1. The highest BCUT2D eigenvalue weighted by atomic mass is 19.1. The molecule has 6 rings (SSSR count). The summed E-state index contributed by atoms with van der Waals surface area (Å²) in [5, 5.41) is 3.27. The predicted octanol–water partition coefficient (Wildman–Crippen LogP) is 4.77. The number of cyclic esters (lactones) is 1. The second kappa shape index (κ2) is 5.55. The summed E-state index contributed by atoms with van der Waals surface area (Å²) in [5.41, 5.74) is 8.65. The van der Waals surface area contributed by atoms with Crippen molar-refractivity contribution in [1.82, 2.24) is 0 Å². The molecule has 1 N–H and O–H groups in total. The van der Waals surface area contributed by atoms with Crippen LogP contribution < -0.4 is 5.32 Å². The van der Waals surface area contributed by atoms with Gasteiger partial charge in [0.2, 0.25) is 0 Å². The number of ether oxygens (including phenoxy) is 1. The van der Waals surface area contributed by atoms with Gasteiger partial charge < -0.3 is 10.1 Å². The summed E-state index contributed by atoms with van der Waals surface area (Å²) in [4.78, 5) is 12.3.